The minimum Gasteiger partial charge on any atom is -0.550 e. The molecule has 0 atom stereocenters. The molecule has 4 aliphatic rings. The number of rotatable bonds is 1. The SMILES string of the molecule is C[N+](C)(C)C.O=C([O-])C12CC3CC(CC(C3)C1)C2. The molecule has 4 aliphatic carbocycles. The maximum atomic E-state index is 11.1. The summed E-state index contributed by atoms with van der Waals surface area (Å²) in [6.45, 7) is 0. The van der Waals surface area contributed by atoms with Gasteiger partial charge in [0.05, 0.1) is 28.2 Å². The fraction of sp³-hybridized carbons (Fsp3) is 0.933. The van der Waals surface area contributed by atoms with Crippen molar-refractivity contribution in [3.05, 3.63) is 0 Å². The van der Waals surface area contributed by atoms with Crippen LogP contribution in [0.15, 0.2) is 0 Å². The number of aliphatic carboxylic acids is 1. The summed E-state index contributed by atoms with van der Waals surface area (Å²) in [5.41, 5.74) is -0.394. The highest BCUT2D eigenvalue weighted by atomic mass is 16.4. The van der Waals surface area contributed by atoms with Gasteiger partial charge in [0.2, 0.25) is 0 Å². The number of nitrogens with zero attached hydrogens (tertiary/aromatic N) is 1. The van der Waals surface area contributed by atoms with Gasteiger partial charge in [0, 0.05) is 11.4 Å². The Bertz CT molecular complexity index is 289. The molecule has 4 rings (SSSR count). The monoisotopic (exact) mass is 253 g/mol. The maximum absolute atomic E-state index is 11.1. The average Bonchev–Trinajstić information content (AvgIpc) is 2.11. The van der Waals surface area contributed by atoms with Crippen LogP contribution in [0.25, 0.3) is 0 Å². The van der Waals surface area contributed by atoms with E-state index in [1.807, 2.05) is 0 Å². The molecular formula is C15H27NO2. The minimum absolute atomic E-state index is 0.394. The number of carbonyl (C=O) groups excluding carboxylic acids is 1. The van der Waals surface area contributed by atoms with E-state index >= 15 is 0 Å². The first-order valence-electron chi connectivity index (χ1n) is 7.18. The number of hydrogen-bond acceptors (Lipinski definition) is 2. The van der Waals surface area contributed by atoms with E-state index in [0.717, 1.165) is 23.7 Å². The van der Waals surface area contributed by atoms with Crippen molar-refractivity contribution in [2.75, 3.05) is 28.2 Å². The number of carboxylic acids is 1. The summed E-state index contributed by atoms with van der Waals surface area (Å²) in [6, 6.07) is 0. The highest BCUT2D eigenvalue weighted by Gasteiger charge is 2.51. The summed E-state index contributed by atoms with van der Waals surface area (Å²) in [5, 5.41) is 11.1. The molecule has 3 nitrogen and oxygen atoms in total. The van der Waals surface area contributed by atoms with Crippen LogP contribution in [-0.4, -0.2) is 38.6 Å². The summed E-state index contributed by atoms with van der Waals surface area (Å²) in [7, 11) is 8.50. The van der Waals surface area contributed by atoms with Gasteiger partial charge < -0.3 is 14.4 Å². The van der Waals surface area contributed by atoms with Gasteiger partial charge in [-0.1, -0.05) is 0 Å². The van der Waals surface area contributed by atoms with Crippen molar-refractivity contribution in [2.24, 2.45) is 23.2 Å². The second-order valence-corrected chi connectivity index (χ2v) is 8.17. The van der Waals surface area contributed by atoms with Crippen molar-refractivity contribution in [1.29, 1.82) is 0 Å². The second kappa shape index (κ2) is 4.52. The van der Waals surface area contributed by atoms with Crippen molar-refractivity contribution in [3.63, 3.8) is 0 Å². The Morgan fingerprint density at radius 1 is 0.944 bits per heavy atom. The molecule has 0 aromatic carbocycles. The summed E-state index contributed by atoms with van der Waals surface area (Å²) < 4.78 is 1.00. The molecule has 0 spiro atoms. The molecule has 0 amide bonds. The van der Waals surface area contributed by atoms with E-state index in [1.165, 1.54) is 19.3 Å². The van der Waals surface area contributed by atoms with E-state index in [0.29, 0.717) is 17.8 Å². The van der Waals surface area contributed by atoms with Crippen LogP contribution in [0.1, 0.15) is 38.5 Å². The van der Waals surface area contributed by atoms with Gasteiger partial charge in [-0.05, 0) is 56.3 Å². The van der Waals surface area contributed by atoms with Crippen molar-refractivity contribution in [2.45, 2.75) is 38.5 Å². The van der Waals surface area contributed by atoms with E-state index in [4.69, 9.17) is 0 Å². The summed E-state index contributed by atoms with van der Waals surface area (Å²) in [5.74, 6) is 1.38. The van der Waals surface area contributed by atoms with Crippen LogP contribution in [0.2, 0.25) is 0 Å². The van der Waals surface area contributed by atoms with E-state index in [-0.39, 0.29) is 0 Å². The zero-order valence-corrected chi connectivity index (χ0v) is 12.2. The van der Waals surface area contributed by atoms with Gasteiger partial charge in [-0.15, -0.1) is 0 Å². The first-order chi connectivity index (χ1) is 8.18. The van der Waals surface area contributed by atoms with Crippen molar-refractivity contribution in [1.82, 2.24) is 0 Å². The van der Waals surface area contributed by atoms with Crippen molar-refractivity contribution < 1.29 is 14.4 Å². The van der Waals surface area contributed by atoms with Gasteiger partial charge in [0.15, 0.2) is 0 Å². The molecule has 0 unspecified atom stereocenters. The van der Waals surface area contributed by atoms with Gasteiger partial charge in [0.25, 0.3) is 0 Å². The minimum atomic E-state index is -0.758. The lowest BCUT2D eigenvalue weighted by molar-refractivity contribution is -0.849. The lowest BCUT2D eigenvalue weighted by Crippen LogP contribution is -2.54. The van der Waals surface area contributed by atoms with Crippen LogP contribution < -0.4 is 5.11 Å². The first-order valence-corrected chi connectivity index (χ1v) is 7.18. The highest BCUT2D eigenvalue weighted by Crippen LogP contribution is 2.59. The first kappa shape index (κ1) is 13.9. The molecule has 4 fully saturated rings. The molecule has 3 heteroatoms. The lowest BCUT2D eigenvalue weighted by atomic mass is 9.49. The summed E-state index contributed by atoms with van der Waals surface area (Å²) in [4.78, 5) is 11.1. The average molecular weight is 253 g/mol. The van der Waals surface area contributed by atoms with Gasteiger partial charge in [-0.2, -0.15) is 0 Å². The Hall–Kier alpha value is -0.570. The Morgan fingerprint density at radius 3 is 1.44 bits per heavy atom. The van der Waals surface area contributed by atoms with Crippen LogP contribution in [-0.2, 0) is 4.79 Å². The van der Waals surface area contributed by atoms with E-state index in [9.17, 15) is 9.90 Å². The quantitative estimate of drug-likeness (QED) is 0.660. The fourth-order valence-corrected chi connectivity index (χ4v) is 4.36. The highest BCUT2D eigenvalue weighted by molar-refractivity contribution is 5.73. The molecule has 0 saturated heterocycles. The van der Waals surface area contributed by atoms with Gasteiger partial charge in [-0.3, -0.25) is 0 Å². The number of quaternary nitrogens is 1. The molecule has 0 aliphatic heterocycles. The Balaban J connectivity index is 0.000000209. The molecular weight excluding hydrogens is 226 g/mol. The topological polar surface area (TPSA) is 40.1 Å². The Morgan fingerprint density at radius 2 is 1.22 bits per heavy atom. The third-order valence-corrected chi connectivity index (χ3v) is 4.47. The number of carboxylic acid groups (broad SMARTS) is 1. The van der Waals surface area contributed by atoms with Crippen LogP contribution in [0.3, 0.4) is 0 Å². The molecule has 0 N–H and O–H groups in total. The molecule has 0 aromatic heterocycles. The van der Waals surface area contributed by atoms with Crippen LogP contribution in [0.5, 0.6) is 0 Å². The molecule has 0 heterocycles. The van der Waals surface area contributed by atoms with Gasteiger partial charge >= 0.3 is 0 Å². The van der Waals surface area contributed by atoms with Crippen molar-refractivity contribution >= 4 is 5.97 Å². The Labute approximate surface area is 111 Å². The zero-order chi connectivity index (χ0) is 13.6. The molecule has 4 bridgehead atoms. The molecule has 18 heavy (non-hydrogen) atoms. The normalized spacial score (nSPS) is 41.2. The summed E-state index contributed by atoms with van der Waals surface area (Å²) >= 11 is 0. The van der Waals surface area contributed by atoms with Crippen molar-refractivity contribution in [3.8, 4) is 0 Å². The molecule has 4 saturated carbocycles. The maximum Gasteiger partial charge on any atom is 0.0675 e. The van der Waals surface area contributed by atoms with E-state index < -0.39 is 11.4 Å². The van der Waals surface area contributed by atoms with Crippen LogP contribution in [0, 0.1) is 23.2 Å². The predicted octanol–water partition coefficient (Wildman–Crippen LogP) is 1.28. The fourth-order valence-electron chi connectivity index (χ4n) is 4.36. The van der Waals surface area contributed by atoms with Crippen LogP contribution >= 0.6 is 0 Å². The standard InChI is InChI=1S/C11H16O2.C4H12N/c12-10(13)11-4-7-1-8(5-11)3-9(2-7)6-11;1-5(2,3)4/h7-9H,1-6H2,(H,12,13);1-4H3/q;+1/p-1. The summed E-state index contributed by atoms with van der Waals surface area (Å²) in [6.07, 6.45) is 6.65. The zero-order valence-electron chi connectivity index (χ0n) is 12.2. The van der Waals surface area contributed by atoms with E-state index in [1.54, 1.807) is 0 Å². The predicted molar refractivity (Wildman–Crippen MR) is 69.6 cm³/mol. The third-order valence-electron chi connectivity index (χ3n) is 4.47. The second-order valence-electron chi connectivity index (χ2n) is 8.17. The molecule has 0 aromatic rings. The van der Waals surface area contributed by atoms with Gasteiger partial charge in [-0.25, -0.2) is 0 Å². The lowest BCUT2D eigenvalue weighted by Gasteiger charge is -2.57. The largest absolute Gasteiger partial charge is 0.550 e. The van der Waals surface area contributed by atoms with E-state index in [2.05, 4.69) is 28.2 Å². The third kappa shape index (κ3) is 3.05. The number of carbonyl (C=O) groups is 1. The Kier molecular flexibility index (Phi) is 3.48. The number of hydrogen-bond donors (Lipinski definition) is 0. The smallest absolute Gasteiger partial charge is 0.0675 e. The molecule has 0 radical (unpaired) electrons. The van der Waals surface area contributed by atoms with Gasteiger partial charge in [0.1, 0.15) is 0 Å². The molecule has 104 valence electrons. The van der Waals surface area contributed by atoms with Crippen LogP contribution in [0.4, 0.5) is 0 Å².